The number of carbonyl (C=O) groups excluding carboxylic acids is 1. The van der Waals surface area contributed by atoms with Crippen molar-refractivity contribution in [2.24, 2.45) is 5.92 Å². The number of aryl methyl sites for hydroxylation is 1. The van der Waals surface area contributed by atoms with Crippen molar-refractivity contribution >= 4 is 40.1 Å². The number of allylic oxidation sites excluding steroid dienone is 1. The fourth-order valence-electron chi connectivity index (χ4n) is 3.46. The van der Waals surface area contributed by atoms with Crippen molar-refractivity contribution in [1.82, 2.24) is 9.55 Å². The third-order valence-electron chi connectivity index (χ3n) is 5.30. The molecule has 30 heavy (non-hydrogen) atoms. The molecule has 0 bridgehead atoms. The van der Waals surface area contributed by atoms with Crippen LogP contribution in [0.1, 0.15) is 30.3 Å². The number of nitrogens with one attached hydrogen (secondary N) is 1. The van der Waals surface area contributed by atoms with Crippen molar-refractivity contribution in [3.8, 4) is 0 Å². The molecule has 0 spiro atoms. The molecule has 2 N–H and O–H groups in total. The molecule has 4 rings (SSSR count). The zero-order chi connectivity index (χ0) is 21.4. The highest BCUT2D eigenvalue weighted by molar-refractivity contribution is 6.04. The van der Waals surface area contributed by atoms with E-state index < -0.39 is 17.8 Å². The van der Waals surface area contributed by atoms with Gasteiger partial charge in [-0.3, -0.25) is 19.0 Å². The van der Waals surface area contributed by atoms with Crippen LogP contribution in [0.15, 0.2) is 47.3 Å². The van der Waals surface area contributed by atoms with Crippen molar-refractivity contribution in [2.75, 3.05) is 5.32 Å². The molecule has 7 heteroatoms. The maximum Gasteiger partial charge on any atom is 0.315 e. The fourth-order valence-corrected chi connectivity index (χ4v) is 3.46. The maximum absolute atomic E-state index is 12.9. The number of carboxylic acids is 1. The van der Waals surface area contributed by atoms with E-state index >= 15 is 0 Å². The number of hydrogen-bond donors (Lipinski definition) is 2. The Balaban J connectivity index is 1.73. The van der Waals surface area contributed by atoms with Crippen LogP contribution in [0, 0.1) is 12.8 Å². The van der Waals surface area contributed by atoms with Crippen LogP contribution in [0.2, 0.25) is 0 Å². The molecule has 0 radical (unpaired) electrons. The monoisotopic (exact) mass is 403 g/mol. The summed E-state index contributed by atoms with van der Waals surface area (Å²) in [5, 5.41) is 12.0. The normalized spacial score (nSPS) is 15.2. The van der Waals surface area contributed by atoms with Gasteiger partial charge in [0.1, 0.15) is 11.7 Å². The van der Waals surface area contributed by atoms with Crippen molar-refractivity contribution in [3.05, 3.63) is 69.8 Å². The summed E-state index contributed by atoms with van der Waals surface area (Å²) in [5.74, 6) is -2.38. The van der Waals surface area contributed by atoms with Gasteiger partial charge in [0.15, 0.2) is 0 Å². The van der Waals surface area contributed by atoms with Gasteiger partial charge in [0.25, 0.3) is 5.56 Å². The van der Waals surface area contributed by atoms with Gasteiger partial charge in [-0.25, -0.2) is 4.98 Å². The first-order valence-corrected chi connectivity index (χ1v) is 9.69. The standard InChI is InChI=1S/C23H21N3O4/c1-13-3-5-15(6-4-13)11-16-9-10-26-20(16)25-19-12-17(7-8-18(19)22(26)28)24-21(27)14(2)23(29)30/h3-8,11-12,14H,9-10H2,1-2H3,(H,24,27)(H,29,30). The molecule has 0 fully saturated rings. The quantitative estimate of drug-likeness (QED) is 0.651. The largest absolute Gasteiger partial charge is 0.481 e. The number of amides is 1. The van der Waals surface area contributed by atoms with Crippen LogP contribution >= 0.6 is 0 Å². The molecule has 0 aliphatic carbocycles. The van der Waals surface area contributed by atoms with Gasteiger partial charge in [-0.2, -0.15) is 0 Å². The molecule has 1 unspecified atom stereocenters. The molecule has 0 saturated heterocycles. The number of carbonyl (C=O) groups is 2. The van der Waals surface area contributed by atoms with Crippen molar-refractivity contribution in [3.63, 3.8) is 0 Å². The molecule has 3 aromatic rings. The average Bonchev–Trinajstić information content (AvgIpc) is 3.11. The van der Waals surface area contributed by atoms with Crippen LogP contribution in [-0.4, -0.2) is 26.5 Å². The summed E-state index contributed by atoms with van der Waals surface area (Å²) in [6.07, 6.45) is 2.75. The van der Waals surface area contributed by atoms with Gasteiger partial charge in [0, 0.05) is 12.2 Å². The topological polar surface area (TPSA) is 101 Å². The SMILES string of the molecule is Cc1ccc(C=C2CCn3c2nc2cc(NC(=O)C(C)C(=O)O)ccc2c3=O)cc1. The summed E-state index contributed by atoms with van der Waals surface area (Å²) >= 11 is 0. The Hall–Kier alpha value is -3.74. The van der Waals surface area contributed by atoms with Gasteiger partial charge in [-0.05, 0) is 55.7 Å². The molecule has 1 amide bonds. The maximum atomic E-state index is 12.9. The molecule has 1 atom stereocenters. The fraction of sp³-hybridized carbons (Fsp3) is 0.217. The van der Waals surface area contributed by atoms with Gasteiger partial charge in [0.05, 0.1) is 10.9 Å². The van der Waals surface area contributed by atoms with Gasteiger partial charge in [-0.1, -0.05) is 29.8 Å². The number of aromatic nitrogens is 2. The summed E-state index contributed by atoms with van der Waals surface area (Å²) in [5.41, 5.74) is 3.94. The van der Waals surface area contributed by atoms with Crippen LogP contribution in [0.4, 0.5) is 5.69 Å². The van der Waals surface area contributed by atoms with E-state index in [0.717, 1.165) is 11.1 Å². The lowest BCUT2D eigenvalue weighted by molar-refractivity contribution is -0.144. The number of rotatable bonds is 4. The highest BCUT2D eigenvalue weighted by Crippen LogP contribution is 2.28. The lowest BCUT2D eigenvalue weighted by Crippen LogP contribution is -2.27. The molecule has 7 nitrogen and oxygen atoms in total. The van der Waals surface area contributed by atoms with Crippen LogP contribution in [0.3, 0.4) is 0 Å². The summed E-state index contributed by atoms with van der Waals surface area (Å²) in [7, 11) is 0. The molecular formula is C23H21N3O4. The third kappa shape index (κ3) is 3.61. The molecule has 2 heterocycles. The summed E-state index contributed by atoms with van der Waals surface area (Å²) in [6, 6.07) is 12.9. The van der Waals surface area contributed by atoms with Crippen LogP contribution < -0.4 is 10.9 Å². The molecule has 2 aromatic carbocycles. The zero-order valence-corrected chi connectivity index (χ0v) is 16.7. The van der Waals surface area contributed by atoms with Crippen molar-refractivity contribution < 1.29 is 14.7 Å². The number of nitrogens with zero attached hydrogens (tertiary/aromatic N) is 2. The van der Waals surface area contributed by atoms with E-state index in [2.05, 4.69) is 10.3 Å². The summed E-state index contributed by atoms with van der Waals surface area (Å²) in [4.78, 5) is 40.6. The van der Waals surface area contributed by atoms with E-state index in [9.17, 15) is 14.4 Å². The van der Waals surface area contributed by atoms with Gasteiger partial charge in [0.2, 0.25) is 5.91 Å². The summed E-state index contributed by atoms with van der Waals surface area (Å²) < 4.78 is 1.67. The Bertz CT molecular complexity index is 1260. The molecule has 0 saturated carbocycles. The second-order valence-electron chi connectivity index (χ2n) is 7.50. The van der Waals surface area contributed by atoms with Gasteiger partial charge >= 0.3 is 5.97 Å². The van der Waals surface area contributed by atoms with E-state index in [-0.39, 0.29) is 5.56 Å². The predicted octanol–water partition coefficient (Wildman–Crippen LogP) is 3.31. The Labute approximate surface area is 172 Å². The molecule has 152 valence electrons. The highest BCUT2D eigenvalue weighted by Gasteiger charge is 2.23. The minimum Gasteiger partial charge on any atom is -0.481 e. The summed E-state index contributed by atoms with van der Waals surface area (Å²) in [6.45, 7) is 3.92. The average molecular weight is 403 g/mol. The Morgan fingerprint density at radius 3 is 2.63 bits per heavy atom. The molecule has 1 aliphatic rings. The number of aliphatic carboxylic acids is 1. The van der Waals surface area contributed by atoms with Gasteiger partial charge in [-0.15, -0.1) is 0 Å². The molecular weight excluding hydrogens is 382 g/mol. The van der Waals surface area contributed by atoms with E-state index in [1.807, 2.05) is 37.3 Å². The van der Waals surface area contributed by atoms with Crippen LogP contribution in [0.25, 0.3) is 22.6 Å². The van der Waals surface area contributed by atoms with Crippen LogP contribution in [0.5, 0.6) is 0 Å². The number of fused-ring (bicyclic) bond motifs is 2. The predicted molar refractivity (Wildman–Crippen MR) is 115 cm³/mol. The number of anilines is 1. The third-order valence-corrected chi connectivity index (χ3v) is 5.30. The van der Waals surface area contributed by atoms with E-state index in [0.29, 0.717) is 35.4 Å². The minimum atomic E-state index is -1.20. The lowest BCUT2D eigenvalue weighted by atomic mass is 10.1. The van der Waals surface area contributed by atoms with Gasteiger partial charge < -0.3 is 10.4 Å². The van der Waals surface area contributed by atoms with E-state index in [1.54, 1.807) is 22.8 Å². The van der Waals surface area contributed by atoms with Crippen molar-refractivity contribution in [1.29, 1.82) is 0 Å². The highest BCUT2D eigenvalue weighted by atomic mass is 16.4. The van der Waals surface area contributed by atoms with Crippen molar-refractivity contribution in [2.45, 2.75) is 26.8 Å². The lowest BCUT2D eigenvalue weighted by Gasteiger charge is -2.10. The number of carboxylic acid groups (broad SMARTS) is 1. The second-order valence-corrected chi connectivity index (χ2v) is 7.50. The van der Waals surface area contributed by atoms with E-state index in [4.69, 9.17) is 5.11 Å². The van der Waals surface area contributed by atoms with Crippen LogP contribution in [-0.2, 0) is 16.1 Å². The first-order valence-electron chi connectivity index (χ1n) is 9.69. The second kappa shape index (κ2) is 7.59. The smallest absolute Gasteiger partial charge is 0.315 e. The minimum absolute atomic E-state index is 0.126. The number of benzene rings is 2. The van der Waals surface area contributed by atoms with E-state index in [1.165, 1.54) is 12.5 Å². The first kappa shape index (κ1) is 19.6. The zero-order valence-electron chi connectivity index (χ0n) is 16.7. The number of hydrogen-bond acceptors (Lipinski definition) is 4. The first-order chi connectivity index (χ1) is 14.3. The Kier molecular flexibility index (Phi) is 4.95. The molecule has 1 aromatic heterocycles. The Morgan fingerprint density at radius 1 is 1.20 bits per heavy atom. The Morgan fingerprint density at radius 2 is 1.93 bits per heavy atom. The molecule has 1 aliphatic heterocycles.